The van der Waals surface area contributed by atoms with E-state index in [9.17, 15) is 13.2 Å². The van der Waals surface area contributed by atoms with Gasteiger partial charge in [-0.05, 0) is 30.2 Å². The normalized spacial score (nSPS) is 10.6. The van der Waals surface area contributed by atoms with E-state index in [-0.39, 0.29) is 10.7 Å². The van der Waals surface area contributed by atoms with Gasteiger partial charge in [0, 0.05) is 18.7 Å². The lowest BCUT2D eigenvalue weighted by Gasteiger charge is -2.10. The van der Waals surface area contributed by atoms with E-state index in [2.05, 4.69) is 5.32 Å². The van der Waals surface area contributed by atoms with Gasteiger partial charge in [0.2, 0.25) is 0 Å². The van der Waals surface area contributed by atoms with E-state index in [0.717, 1.165) is 12.1 Å². The molecule has 106 valence electrons. The summed E-state index contributed by atoms with van der Waals surface area (Å²) in [6.45, 7) is 0.384. The number of benzene rings is 2. The van der Waals surface area contributed by atoms with E-state index in [0.29, 0.717) is 24.2 Å². The molecule has 20 heavy (non-hydrogen) atoms. The van der Waals surface area contributed by atoms with Crippen LogP contribution < -0.4 is 11.1 Å². The number of halogens is 4. The Morgan fingerprint density at radius 3 is 2.30 bits per heavy atom. The van der Waals surface area contributed by atoms with Crippen molar-refractivity contribution in [2.24, 2.45) is 0 Å². The SMILES string of the molecule is Nc1cc(F)c(Cl)cc1NCCc1cc(F)cc(F)c1. The Hall–Kier alpha value is -1.88. The molecule has 3 N–H and O–H groups in total. The summed E-state index contributed by atoms with van der Waals surface area (Å²) in [4.78, 5) is 0. The average molecular weight is 301 g/mol. The average Bonchev–Trinajstić information content (AvgIpc) is 2.34. The molecular formula is C14H12ClF3N2. The van der Waals surface area contributed by atoms with Gasteiger partial charge in [-0.3, -0.25) is 0 Å². The van der Waals surface area contributed by atoms with Crippen LogP contribution in [-0.2, 0) is 6.42 Å². The Kier molecular flexibility index (Phi) is 4.39. The van der Waals surface area contributed by atoms with E-state index in [1.807, 2.05) is 0 Å². The van der Waals surface area contributed by atoms with Crippen LogP contribution in [0.25, 0.3) is 0 Å². The smallest absolute Gasteiger partial charge is 0.143 e. The fourth-order valence-corrected chi connectivity index (χ4v) is 1.98. The Morgan fingerprint density at radius 2 is 1.65 bits per heavy atom. The summed E-state index contributed by atoms with van der Waals surface area (Å²) >= 11 is 5.65. The van der Waals surface area contributed by atoms with E-state index in [1.54, 1.807) is 0 Å². The van der Waals surface area contributed by atoms with Gasteiger partial charge in [0.1, 0.15) is 17.5 Å². The van der Waals surface area contributed by atoms with E-state index >= 15 is 0 Å². The minimum absolute atomic E-state index is 0.0431. The molecular weight excluding hydrogens is 289 g/mol. The van der Waals surface area contributed by atoms with Crippen molar-refractivity contribution in [2.75, 3.05) is 17.6 Å². The number of anilines is 2. The highest BCUT2D eigenvalue weighted by molar-refractivity contribution is 6.31. The van der Waals surface area contributed by atoms with Gasteiger partial charge < -0.3 is 11.1 Å². The Bertz CT molecular complexity index is 612. The van der Waals surface area contributed by atoms with Crippen LogP contribution in [0.15, 0.2) is 30.3 Å². The second kappa shape index (κ2) is 6.05. The highest BCUT2D eigenvalue weighted by Gasteiger charge is 2.06. The standard InChI is InChI=1S/C14H12ClF3N2/c15-11-6-14(13(19)7-12(11)18)20-2-1-8-3-9(16)5-10(17)4-8/h3-7,20H,1-2,19H2. The molecule has 2 aromatic rings. The summed E-state index contributed by atoms with van der Waals surface area (Å²) in [5, 5.41) is 2.90. The third-order valence-corrected chi connectivity index (χ3v) is 3.03. The fraction of sp³-hybridized carbons (Fsp3) is 0.143. The van der Waals surface area contributed by atoms with E-state index in [4.69, 9.17) is 17.3 Å². The summed E-state index contributed by atoms with van der Waals surface area (Å²) in [6.07, 6.45) is 0.392. The van der Waals surface area contributed by atoms with Gasteiger partial charge in [-0.25, -0.2) is 13.2 Å². The van der Waals surface area contributed by atoms with Crippen LogP contribution in [0.2, 0.25) is 5.02 Å². The molecule has 2 aromatic carbocycles. The maximum Gasteiger partial charge on any atom is 0.143 e. The van der Waals surface area contributed by atoms with Crippen molar-refractivity contribution in [1.82, 2.24) is 0 Å². The molecule has 0 saturated heterocycles. The van der Waals surface area contributed by atoms with E-state index < -0.39 is 17.5 Å². The summed E-state index contributed by atoms with van der Waals surface area (Å²) in [7, 11) is 0. The van der Waals surface area contributed by atoms with Crippen LogP contribution in [0, 0.1) is 17.5 Å². The van der Waals surface area contributed by atoms with Crippen molar-refractivity contribution >= 4 is 23.0 Å². The molecule has 0 aliphatic rings. The Labute approximate surface area is 119 Å². The summed E-state index contributed by atoms with van der Waals surface area (Å²) in [5.41, 5.74) is 6.85. The van der Waals surface area contributed by atoms with Crippen LogP contribution in [0.4, 0.5) is 24.5 Å². The zero-order chi connectivity index (χ0) is 14.7. The molecule has 2 nitrogen and oxygen atoms in total. The first kappa shape index (κ1) is 14.5. The van der Waals surface area contributed by atoms with Crippen molar-refractivity contribution in [3.8, 4) is 0 Å². The minimum Gasteiger partial charge on any atom is -0.397 e. The number of nitrogen functional groups attached to an aromatic ring is 1. The van der Waals surface area contributed by atoms with Crippen molar-refractivity contribution in [1.29, 1.82) is 0 Å². The molecule has 0 aromatic heterocycles. The molecule has 0 radical (unpaired) electrons. The van der Waals surface area contributed by atoms with Crippen molar-refractivity contribution in [3.05, 3.63) is 58.4 Å². The zero-order valence-electron chi connectivity index (χ0n) is 10.4. The van der Waals surface area contributed by atoms with Gasteiger partial charge in [-0.2, -0.15) is 0 Å². The van der Waals surface area contributed by atoms with Crippen LogP contribution in [-0.4, -0.2) is 6.54 Å². The summed E-state index contributed by atoms with van der Waals surface area (Å²) < 4.78 is 39.1. The molecule has 0 heterocycles. The predicted molar refractivity (Wildman–Crippen MR) is 74.4 cm³/mol. The second-order valence-corrected chi connectivity index (χ2v) is 4.72. The first-order valence-corrected chi connectivity index (χ1v) is 6.27. The molecule has 0 unspecified atom stereocenters. The zero-order valence-corrected chi connectivity index (χ0v) is 11.1. The minimum atomic E-state index is -0.621. The Balaban J connectivity index is 2.01. The maximum atomic E-state index is 13.1. The molecule has 2 rings (SSSR count). The second-order valence-electron chi connectivity index (χ2n) is 4.31. The molecule has 0 amide bonds. The maximum absolute atomic E-state index is 13.1. The van der Waals surface area contributed by atoms with Gasteiger partial charge in [0.25, 0.3) is 0 Å². The predicted octanol–water partition coefficient (Wildman–Crippen LogP) is 3.99. The number of nitrogens with two attached hydrogens (primary N) is 1. The third kappa shape index (κ3) is 3.57. The molecule has 0 aliphatic heterocycles. The number of hydrogen-bond donors (Lipinski definition) is 2. The number of rotatable bonds is 4. The topological polar surface area (TPSA) is 38.0 Å². The monoisotopic (exact) mass is 300 g/mol. The van der Waals surface area contributed by atoms with Crippen LogP contribution in [0.3, 0.4) is 0 Å². The third-order valence-electron chi connectivity index (χ3n) is 2.74. The molecule has 0 spiro atoms. The van der Waals surface area contributed by atoms with E-state index in [1.165, 1.54) is 18.2 Å². The molecule has 0 saturated carbocycles. The molecule has 0 aliphatic carbocycles. The molecule has 0 atom stereocenters. The molecule has 0 bridgehead atoms. The fourth-order valence-electron chi connectivity index (χ4n) is 1.81. The van der Waals surface area contributed by atoms with Crippen molar-refractivity contribution < 1.29 is 13.2 Å². The lowest BCUT2D eigenvalue weighted by Crippen LogP contribution is -2.07. The van der Waals surface area contributed by atoms with Crippen LogP contribution >= 0.6 is 11.6 Å². The first-order chi connectivity index (χ1) is 9.45. The number of nitrogens with one attached hydrogen (secondary N) is 1. The summed E-state index contributed by atoms with van der Waals surface area (Å²) in [6, 6.07) is 5.82. The van der Waals surface area contributed by atoms with Crippen LogP contribution in [0.1, 0.15) is 5.56 Å². The largest absolute Gasteiger partial charge is 0.397 e. The molecule has 0 fully saturated rings. The van der Waals surface area contributed by atoms with Crippen LogP contribution in [0.5, 0.6) is 0 Å². The quantitative estimate of drug-likeness (QED) is 0.838. The van der Waals surface area contributed by atoms with Crippen molar-refractivity contribution in [2.45, 2.75) is 6.42 Å². The van der Waals surface area contributed by atoms with Gasteiger partial charge >= 0.3 is 0 Å². The lowest BCUT2D eigenvalue weighted by atomic mass is 10.1. The molecule has 6 heteroatoms. The summed E-state index contributed by atoms with van der Waals surface area (Å²) in [5.74, 6) is -1.84. The Morgan fingerprint density at radius 1 is 1.00 bits per heavy atom. The van der Waals surface area contributed by atoms with Gasteiger partial charge in [-0.1, -0.05) is 11.6 Å². The van der Waals surface area contributed by atoms with Gasteiger partial charge in [0.15, 0.2) is 0 Å². The van der Waals surface area contributed by atoms with Crippen molar-refractivity contribution in [3.63, 3.8) is 0 Å². The lowest BCUT2D eigenvalue weighted by molar-refractivity contribution is 0.580. The number of hydrogen-bond acceptors (Lipinski definition) is 2. The highest BCUT2D eigenvalue weighted by Crippen LogP contribution is 2.26. The van der Waals surface area contributed by atoms with Gasteiger partial charge in [-0.15, -0.1) is 0 Å². The highest BCUT2D eigenvalue weighted by atomic mass is 35.5. The first-order valence-electron chi connectivity index (χ1n) is 5.89. The van der Waals surface area contributed by atoms with Gasteiger partial charge in [0.05, 0.1) is 16.4 Å².